The molecule has 1 saturated carbocycles. The van der Waals surface area contributed by atoms with Gasteiger partial charge in [-0.1, -0.05) is 29.8 Å². The molecule has 1 heterocycles. The number of pyridine rings is 1. The lowest BCUT2D eigenvalue weighted by Gasteiger charge is -2.07. The summed E-state index contributed by atoms with van der Waals surface area (Å²) in [5.41, 5.74) is 1.84. The van der Waals surface area contributed by atoms with Gasteiger partial charge in [-0.25, -0.2) is 13.4 Å². The normalized spacial score (nSPS) is 19.0. The molecule has 6 nitrogen and oxygen atoms in total. The second-order valence-electron chi connectivity index (χ2n) is 5.90. The minimum atomic E-state index is -3.81. The number of carbonyl (C=O) groups is 1. The highest BCUT2D eigenvalue weighted by molar-refractivity contribution is 7.89. The van der Waals surface area contributed by atoms with Crippen molar-refractivity contribution in [2.24, 2.45) is 5.92 Å². The molecule has 1 aromatic carbocycles. The zero-order valence-corrected chi connectivity index (χ0v) is 14.6. The van der Waals surface area contributed by atoms with Crippen molar-refractivity contribution in [3.05, 3.63) is 64.4 Å². The molecule has 2 atom stereocenters. The molecule has 25 heavy (non-hydrogen) atoms. The van der Waals surface area contributed by atoms with Crippen molar-refractivity contribution in [3.63, 3.8) is 0 Å². The van der Waals surface area contributed by atoms with E-state index >= 15 is 0 Å². The quantitative estimate of drug-likeness (QED) is 0.808. The lowest BCUT2D eigenvalue weighted by Crippen LogP contribution is -2.33. The van der Waals surface area contributed by atoms with Gasteiger partial charge in [0.2, 0.25) is 15.9 Å². The minimum Gasteiger partial charge on any atom is -0.274 e. The van der Waals surface area contributed by atoms with Gasteiger partial charge in [-0.15, -0.1) is 0 Å². The van der Waals surface area contributed by atoms with Gasteiger partial charge in [0, 0.05) is 12.1 Å². The molecule has 0 unspecified atom stereocenters. The third-order valence-electron chi connectivity index (χ3n) is 3.97. The Kier molecular flexibility index (Phi) is 4.75. The first-order chi connectivity index (χ1) is 11.9. The van der Waals surface area contributed by atoms with Crippen molar-refractivity contribution in [1.29, 1.82) is 5.26 Å². The Morgan fingerprint density at radius 2 is 2.16 bits per heavy atom. The predicted octanol–water partition coefficient (Wildman–Crippen LogP) is 2.36. The van der Waals surface area contributed by atoms with Crippen molar-refractivity contribution in [1.82, 2.24) is 9.71 Å². The third-order valence-corrected chi connectivity index (χ3v) is 5.42. The van der Waals surface area contributed by atoms with E-state index in [4.69, 9.17) is 16.9 Å². The highest BCUT2D eigenvalue weighted by Crippen LogP contribution is 2.47. The Bertz CT molecular complexity index is 952. The largest absolute Gasteiger partial charge is 0.274 e. The fraction of sp³-hybridized carbons (Fsp3) is 0.235. The summed E-state index contributed by atoms with van der Waals surface area (Å²) in [6, 6.07) is 12.1. The van der Waals surface area contributed by atoms with Crippen LogP contribution in [0.5, 0.6) is 0 Å². The number of nitrogens with one attached hydrogen (secondary N) is 1. The molecule has 1 amide bonds. The van der Waals surface area contributed by atoms with E-state index in [1.807, 2.05) is 6.07 Å². The van der Waals surface area contributed by atoms with E-state index in [0.29, 0.717) is 17.5 Å². The average Bonchev–Trinajstić information content (AvgIpc) is 3.37. The number of benzene rings is 1. The van der Waals surface area contributed by atoms with Crippen molar-refractivity contribution in [2.45, 2.75) is 18.1 Å². The summed E-state index contributed by atoms with van der Waals surface area (Å²) < 4.78 is 26.4. The zero-order chi connectivity index (χ0) is 18.0. The third kappa shape index (κ3) is 4.35. The fourth-order valence-electron chi connectivity index (χ4n) is 2.67. The van der Waals surface area contributed by atoms with Gasteiger partial charge in [0.15, 0.2) is 0 Å². The average molecular weight is 376 g/mol. The van der Waals surface area contributed by atoms with Gasteiger partial charge in [0.05, 0.1) is 17.4 Å². The minimum absolute atomic E-state index is 0.0549. The molecular weight excluding hydrogens is 362 g/mol. The van der Waals surface area contributed by atoms with Crippen LogP contribution in [0.25, 0.3) is 0 Å². The van der Waals surface area contributed by atoms with Crippen LogP contribution >= 0.6 is 11.6 Å². The van der Waals surface area contributed by atoms with Crippen LogP contribution in [0.3, 0.4) is 0 Å². The summed E-state index contributed by atoms with van der Waals surface area (Å²) in [5, 5.41) is 9.20. The predicted molar refractivity (Wildman–Crippen MR) is 92.0 cm³/mol. The van der Waals surface area contributed by atoms with Gasteiger partial charge in [-0.3, -0.25) is 9.52 Å². The lowest BCUT2D eigenvalue weighted by atomic mass is 10.1. The molecule has 1 aliphatic rings. The molecule has 1 aliphatic carbocycles. The number of halogens is 1. The van der Waals surface area contributed by atoms with Crippen LogP contribution in [0.15, 0.2) is 42.6 Å². The van der Waals surface area contributed by atoms with Crippen LogP contribution in [0.4, 0.5) is 0 Å². The highest BCUT2D eigenvalue weighted by atomic mass is 35.5. The Labute approximate surface area is 150 Å². The highest BCUT2D eigenvalue weighted by Gasteiger charge is 2.45. The van der Waals surface area contributed by atoms with Gasteiger partial charge >= 0.3 is 0 Å². The molecule has 0 radical (unpaired) electrons. The maximum absolute atomic E-state index is 12.2. The number of hydrogen-bond acceptors (Lipinski definition) is 5. The molecule has 8 heteroatoms. The maximum atomic E-state index is 12.2. The van der Waals surface area contributed by atoms with Crippen LogP contribution in [0.1, 0.15) is 29.0 Å². The van der Waals surface area contributed by atoms with Crippen molar-refractivity contribution < 1.29 is 13.2 Å². The SMILES string of the molecule is N#Cc1cccc([C@@H]2C[C@@H]2C(=O)NS(=O)(=O)Cc2ccc(Cl)nc2)c1. The van der Waals surface area contributed by atoms with E-state index in [9.17, 15) is 13.2 Å². The monoisotopic (exact) mass is 375 g/mol. The first-order valence-electron chi connectivity index (χ1n) is 7.53. The van der Waals surface area contributed by atoms with Crippen LogP contribution in [-0.4, -0.2) is 19.3 Å². The number of nitrogens with zero attached hydrogens (tertiary/aromatic N) is 2. The zero-order valence-electron chi connectivity index (χ0n) is 13.0. The molecule has 128 valence electrons. The molecule has 1 aromatic heterocycles. The van der Waals surface area contributed by atoms with Crippen molar-refractivity contribution in [3.8, 4) is 6.07 Å². The summed E-state index contributed by atoms with van der Waals surface area (Å²) in [4.78, 5) is 16.0. The lowest BCUT2D eigenvalue weighted by molar-refractivity contribution is -0.120. The van der Waals surface area contributed by atoms with Gasteiger partial charge in [-0.2, -0.15) is 5.26 Å². The van der Waals surface area contributed by atoms with Crippen molar-refractivity contribution in [2.75, 3.05) is 0 Å². The van der Waals surface area contributed by atoms with Gasteiger partial charge < -0.3 is 0 Å². The topological polar surface area (TPSA) is 99.9 Å². The molecule has 3 rings (SSSR count). The summed E-state index contributed by atoms with van der Waals surface area (Å²) in [7, 11) is -3.81. The van der Waals surface area contributed by atoms with E-state index < -0.39 is 21.8 Å². The maximum Gasteiger partial charge on any atom is 0.239 e. The van der Waals surface area contributed by atoms with E-state index in [-0.39, 0.29) is 16.8 Å². The van der Waals surface area contributed by atoms with Gasteiger partial charge in [0.1, 0.15) is 5.15 Å². The smallest absolute Gasteiger partial charge is 0.239 e. The summed E-state index contributed by atoms with van der Waals surface area (Å²) >= 11 is 5.66. The fourth-order valence-corrected chi connectivity index (χ4v) is 3.92. The van der Waals surface area contributed by atoms with E-state index in [2.05, 4.69) is 15.8 Å². The van der Waals surface area contributed by atoms with Crippen LogP contribution in [-0.2, 0) is 20.6 Å². The molecule has 1 fully saturated rings. The number of amides is 1. The Morgan fingerprint density at radius 3 is 2.84 bits per heavy atom. The molecule has 0 bridgehead atoms. The molecule has 0 aliphatic heterocycles. The molecule has 0 saturated heterocycles. The Balaban J connectivity index is 1.62. The van der Waals surface area contributed by atoms with Crippen LogP contribution < -0.4 is 4.72 Å². The summed E-state index contributed by atoms with van der Waals surface area (Å²) in [6.45, 7) is 0. The second-order valence-corrected chi connectivity index (χ2v) is 8.01. The van der Waals surface area contributed by atoms with E-state index in [1.165, 1.54) is 12.3 Å². The number of aromatic nitrogens is 1. The Morgan fingerprint density at radius 1 is 1.36 bits per heavy atom. The van der Waals surface area contributed by atoms with Gasteiger partial charge in [-0.05, 0) is 41.7 Å². The Hall–Kier alpha value is -2.43. The molecule has 1 N–H and O–H groups in total. The number of hydrogen-bond donors (Lipinski definition) is 1. The van der Waals surface area contributed by atoms with Crippen LogP contribution in [0.2, 0.25) is 5.15 Å². The standard InChI is InChI=1S/C17H14ClN3O3S/c18-16-5-4-12(9-20-16)10-25(23,24)21-17(22)15-7-14(15)13-3-1-2-11(6-13)8-19/h1-6,9,14-15H,7,10H2,(H,21,22)/t14-,15-/m0/s1. The van der Waals surface area contributed by atoms with E-state index in [0.717, 1.165) is 5.56 Å². The first kappa shape index (κ1) is 17.4. The number of sulfonamides is 1. The summed E-state index contributed by atoms with van der Waals surface area (Å²) in [5.74, 6) is -1.31. The second kappa shape index (κ2) is 6.82. The van der Waals surface area contributed by atoms with Crippen LogP contribution in [0, 0.1) is 17.2 Å². The van der Waals surface area contributed by atoms with Crippen molar-refractivity contribution >= 4 is 27.5 Å². The number of carbonyl (C=O) groups excluding carboxylic acids is 1. The molecule has 0 spiro atoms. The van der Waals surface area contributed by atoms with E-state index in [1.54, 1.807) is 24.3 Å². The summed E-state index contributed by atoms with van der Waals surface area (Å²) in [6.07, 6.45) is 1.93. The first-order valence-corrected chi connectivity index (χ1v) is 9.56. The number of nitriles is 1. The molecular formula is C17H14ClN3O3S. The number of rotatable bonds is 5. The van der Waals surface area contributed by atoms with Gasteiger partial charge in [0.25, 0.3) is 0 Å². The molecule has 2 aromatic rings.